The number of phenols is 2. The van der Waals surface area contributed by atoms with E-state index in [1.165, 1.54) is 38.2 Å². The minimum absolute atomic E-state index is 0.000688. The Hall–Kier alpha value is -3.98. The number of rotatable bonds is 3. The molecule has 34 heavy (non-hydrogen) atoms. The summed E-state index contributed by atoms with van der Waals surface area (Å²) in [7, 11) is 0. The fraction of sp³-hybridized carbons (Fsp3) is 0.200. The first kappa shape index (κ1) is 21.8. The number of Topliss-reactive ketones (excluding diaryl/α,β-unsaturated/α-hetero) is 2. The van der Waals surface area contributed by atoms with Crippen LogP contribution >= 0.6 is 11.3 Å². The van der Waals surface area contributed by atoms with Gasteiger partial charge in [-0.1, -0.05) is 0 Å². The second-order valence-electron chi connectivity index (χ2n) is 8.55. The van der Waals surface area contributed by atoms with Gasteiger partial charge < -0.3 is 20.3 Å². The number of fused-ring (bicyclic) bond motifs is 4. The van der Waals surface area contributed by atoms with E-state index < -0.39 is 28.5 Å². The van der Waals surface area contributed by atoms with Crippen LogP contribution in [0.25, 0.3) is 10.2 Å². The first-order valence-electron chi connectivity index (χ1n) is 10.5. The van der Waals surface area contributed by atoms with Crippen LogP contribution in [-0.4, -0.2) is 32.5 Å². The summed E-state index contributed by atoms with van der Waals surface area (Å²) in [6.45, 7) is 5.85. The lowest BCUT2D eigenvalue weighted by atomic mass is 9.70. The van der Waals surface area contributed by atoms with Crippen LogP contribution in [0.4, 0.5) is 5.69 Å². The lowest BCUT2D eigenvalue weighted by molar-refractivity contribution is -0.123. The van der Waals surface area contributed by atoms with Gasteiger partial charge in [-0.25, -0.2) is 4.98 Å². The van der Waals surface area contributed by atoms with Gasteiger partial charge in [0, 0.05) is 23.0 Å². The smallest absolute Gasteiger partial charge is 0.194 e. The summed E-state index contributed by atoms with van der Waals surface area (Å²) in [6, 6.07) is 5.55. The van der Waals surface area contributed by atoms with E-state index in [0.29, 0.717) is 11.4 Å². The number of ketones is 3. The molecule has 1 atom stereocenters. The van der Waals surface area contributed by atoms with Crippen LogP contribution in [0.1, 0.15) is 42.3 Å². The Labute approximate surface area is 198 Å². The highest BCUT2D eigenvalue weighted by molar-refractivity contribution is 7.16. The van der Waals surface area contributed by atoms with Crippen LogP contribution in [0.3, 0.4) is 0 Å². The van der Waals surface area contributed by atoms with Crippen molar-refractivity contribution in [2.45, 2.75) is 33.1 Å². The molecule has 5 rings (SSSR count). The van der Waals surface area contributed by atoms with Crippen molar-refractivity contribution in [1.82, 2.24) is 4.98 Å². The lowest BCUT2D eigenvalue weighted by Crippen LogP contribution is -2.40. The van der Waals surface area contributed by atoms with Gasteiger partial charge in [0.2, 0.25) is 0 Å². The Morgan fingerprint density at radius 1 is 1.18 bits per heavy atom. The van der Waals surface area contributed by atoms with Gasteiger partial charge >= 0.3 is 0 Å². The molecule has 1 aliphatic heterocycles. The van der Waals surface area contributed by atoms with Gasteiger partial charge in [-0.3, -0.25) is 14.4 Å². The highest BCUT2D eigenvalue weighted by Gasteiger charge is 2.56. The molecule has 0 fully saturated rings. The Morgan fingerprint density at radius 2 is 1.91 bits per heavy atom. The van der Waals surface area contributed by atoms with Crippen molar-refractivity contribution < 1.29 is 29.3 Å². The Kier molecular flexibility index (Phi) is 4.66. The zero-order valence-electron chi connectivity index (χ0n) is 18.8. The molecule has 0 saturated carbocycles. The standard InChI is InChI=1S/C25H20N2O6S/c1-10-21(30)19(12(3)28)23-20(22(10)31)25(4)17(33-23)8-15(29)18(24(25)32)11(2)27-13-5-6-16-14(7-13)26-9-34-16/h5-9,27,30-31H,1-4H3/b18-11+/t25-/m0/s1. The molecule has 1 aromatic heterocycles. The molecule has 172 valence electrons. The topological polar surface area (TPSA) is 126 Å². The number of nitrogens with one attached hydrogen (secondary N) is 1. The van der Waals surface area contributed by atoms with Crippen LogP contribution in [0.15, 0.2) is 46.8 Å². The maximum absolute atomic E-state index is 13.8. The van der Waals surface area contributed by atoms with E-state index in [0.717, 1.165) is 10.2 Å². The first-order valence-corrected chi connectivity index (χ1v) is 11.3. The number of carbonyl (C=O) groups is 3. The SMILES string of the molecule is CC(=O)c1c(O)c(C)c(O)c2c1OC1=CC(=O)/C(=C(/C)Nc3ccc4scnc4c3)C(=O)[C@@]12C. The van der Waals surface area contributed by atoms with Gasteiger partial charge in [-0.2, -0.15) is 0 Å². The zero-order valence-corrected chi connectivity index (χ0v) is 19.6. The van der Waals surface area contributed by atoms with Gasteiger partial charge in [0.25, 0.3) is 0 Å². The summed E-state index contributed by atoms with van der Waals surface area (Å²) in [4.78, 5) is 43.4. The number of hydrogen-bond acceptors (Lipinski definition) is 9. The fourth-order valence-corrected chi connectivity index (χ4v) is 5.24. The largest absolute Gasteiger partial charge is 0.507 e. The van der Waals surface area contributed by atoms with E-state index in [9.17, 15) is 24.6 Å². The van der Waals surface area contributed by atoms with Crippen LogP contribution in [0.5, 0.6) is 17.2 Å². The van der Waals surface area contributed by atoms with E-state index in [-0.39, 0.29) is 39.5 Å². The number of aromatic hydroxyl groups is 2. The second-order valence-corrected chi connectivity index (χ2v) is 9.43. The van der Waals surface area contributed by atoms with E-state index in [4.69, 9.17) is 4.74 Å². The van der Waals surface area contributed by atoms with Crippen LogP contribution < -0.4 is 10.1 Å². The monoisotopic (exact) mass is 476 g/mol. The molecule has 0 spiro atoms. The van der Waals surface area contributed by atoms with Gasteiger partial charge in [0.1, 0.15) is 34.0 Å². The molecule has 3 aromatic rings. The number of allylic oxidation sites excluding steroid dienone is 4. The number of phenolic OH excluding ortho intramolecular Hbond substituents is 2. The molecule has 2 aliphatic rings. The molecule has 0 radical (unpaired) electrons. The molecule has 1 aliphatic carbocycles. The molecule has 0 amide bonds. The highest BCUT2D eigenvalue weighted by atomic mass is 32.1. The van der Waals surface area contributed by atoms with Gasteiger partial charge in [-0.05, 0) is 45.9 Å². The number of hydrogen-bond donors (Lipinski definition) is 3. The molecule has 0 unspecified atom stereocenters. The maximum atomic E-state index is 13.8. The third kappa shape index (κ3) is 2.83. The molecule has 9 heteroatoms. The predicted molar refractivity (Wildman–Crippen MR) is 127 cm³/mol. The maximum Gasteiger partial charge on any atom is 0.194 e. The molecular weight excluding hydrogens is 456 g/mol. The summed E-state index contributed by atoms with van der Waals surface area (Å²) in [6.07, 6.45) is 1.20. The molecule has 3 N–H and O–H groups in total. The summed E-state index contributed by atoms with van der Waals surface area (Å²) >= 11 is 1.51. The van der Waals surface area contributed by atoms with Crippen molar-refractivity contribution in [3.05, 3.63) is 63.5 Å². The molecule has 8 nitrogen and oxygen atoms in total. The molecular formula is C25H20N2O6S. The minimum atomic E-state index is -1.55. The van der Waals surface area contributed by atoms with Crippen LogP contribution in [0, 0.1) is 6.92 Å². The van der Waals surface area contributed by atoms with Crippen molar-refractivity contribution in [1.29, 1.82) is 0 Å². The molecule has 2 aromatic carbocycles. The Bertz CT molecular complexity index is 1530. The number of aromatic nitrogens is 1. The third-order valence-corrected chi connectivity index (χ3v) is 7.23. The van der Waals surface area contributed by atoms with Crippen molar-refractivity contribution in [3.8, 4) is 17.2 Å². The summed E-state index contributed by atoms with van der Waals surface area (Å²) < 4.78 is 6.79. The Balaban J connectivity index is 1.66. The first-order chi connectivity index (χ1) is 16.1. The zero-order chi connectivity index (χ0) is 24.5. The molecule has 0 bridgehead atoms. The average Bonchev–Trinajstić information content (AvgIpc) is 3.34. The van der Waals surface area contributed by atoms with Crippen LogP contribution in [0.2, 0.25) is 0 Å². The molecule has 0 saturated heterocycles. The normalized spacial score (nSPS) is 20.5. The van der Waals surface area contributed by atoms with Gasteiger partial charge in [0.05, 0.1) is 26.9 Å². The number of thiazole rings is 1. The van der Waals surface area contributed by atoms with Gasteiger partial charge in [0.15, 0.2) is 17.3 Å². The average molecular weight is 477 g/mol. The third-order valence-electron chi connectivity index (χ3n) is 6.42. The minimum Gasteiger partial charge on any atom is -0.507 e. The number of carbonyl (C=O) groups excluding carboxylic acids is 3. The number of nitrogens with zero attached hydrogens (tertiary/aromatic N) is 1. The predicted octanol–water partition coefficient (Wildman–Crippen LogP) is 4.29. The fourth-order valence-electron chi connectivity index (χ4n) is 4.58. The lowest BCUT2D eigenvalue weighted by Gasteiger charge is -2.29. The van der Waals surface area contributed by atoms with E-state index in [1.807, 2.05) is 18.2 Å². The molecule has 2 heterocycles. The van der Waals surface area contributed by atoms with Gasteiger partial charge in [-0.15, -0.1) is 11.3 Å². The van der Waals surface area contributed by atoms with E-state index >= 15 is 0 Å². The Morgan fingerprint density at radius 3 is 2.62 bits per heavy atom. The summed E-state index contributed by atoms with van der Waals surface area (Å²) in [5.74, 6) is -2.52. The van der Waals surface area contributed by atoms with Crippen molar-refractivity contribution in [2.24, 2.45) is 0 Å². The highest BCUT2D eigenvalue weighted by Crippen LogP contribution is 2.57. The second kappa shape index (κ2) is 7.26. The van der Waals surface area contributed by atoms with E-state index in [1.54, 1.807) is 12.4 Å². The summed E-state index contributed by atoms with van der Waals surface area (Å²) in [5, 5.41) is 24.5. The van der Waals surface area contributed by atoms with E-state index in [2.05, 4.69) is 10.3 Å². The number of anilines is 1. The number of ether oxygens (including phenoxy) is 1. The van der Waals surface area contributed by atoms with Crippen LogP contribution in [-0.2, 0) is 15.0 Å². The summed E-state index contributed by atoms with van der Waals surface area (Å²) in [5.41, 5.74) is 1.86. The quantitative estimate of drug-likeness (QED) is 0.290. The van der Waals surface area contributed by atoms with Crippen molar-refractivity contribution in [2.75, 3.05) is 5.32 Å². The number of benzene rings is 2. The van der Waals surface area contributed by atoms with Crippen molar-refractivity contribution in [3.63, 3.8) is 0 Å². The van der Waals surface area contributed by atoms with Crippen molar-refractivity contribution >= 4 is 44.6 Å².